The number of H-pyrrole nitrogens is 2. The third-order valence-electron chi connectivity index (χ3n) is 15.9. The number of alkyl halides is 1. The first-order valence-electron chi connectivity index (χ1n) is 32.7. The Balaban J connectivity index is 0.000000442. The molecule has 7 N–H and O–H groups in total. The number of benzene rings is 6. The summed E-state index contributed by atoms with van der Waals surface area (Å²) in [6, 6.07) is 44.3. The van der Waals surface area contributed by atoms with Crippen LogP contribution >= 0.6 is 23.2 Å². The van der Waals surface area contributed by atoms with Crippen LogP contribution in [0.5, 0.6) is 5.75 Å². The first-order valence-corrected chi connectivity index (χ1v) is 32.7. The summed E-state index contributed by atoms with van der Waals surface area (Å²) in [4.78, 5) is 44.9. The monoisotopic (exact) mass is 1380 g/mol. The summed E-state index contributed by atoms with van der Waals surface area (Å²) < 4.78 is 28.7. The van der Waals surface area contributed by atoms with Crippen LogP contribution in [0.4, 0.5) is 4.39 Å². The molecule has 534 valence electrons. The number of aliphatic hydroxyl groups excluding tert-OH is 3. The molecule has 1 aliphatic rings. The van der Waals surface area contributed by atoms with Crippen molar-refractivity contribution in [2.75, 3.05) is 34.1 Å². The molecule has 9 aromatic rings. The summed E-state index contributed by atoms with van der Waals surface area (Å²) in [5.41, 5.74) is 19.0. The lowest BCUT2D eigenvalue weighted by atomic mass is 9.92. The number of ketones is 1. The van der Waals surface area contributed by atoms with E-state index in [4.69, 9.17) is 55.0 Å². The van der Waals surface area contributed by atoms with Gasteiger partial charge in [0.05, 0.1) is 38.6 Å². The number of aromatic nitrogens is 6. The fourth-order valence-electron chi connectivity index (χ4n) is 10.2. The second-order valence-electron chi connectivity index (χ2n) is 27.7. The van der Waals surface area contributed by atoms with Crippen LogP contribution in [0.2, 0.25) is 10.0 Å². The van der Waals surface area contributed by atoms with E-state index in [1.165, 1.54) is 11.1 Å². The molecule has 98 heavy (non-hydrogen) atoms. The van der Waals surface area contributed by atoms with Crippen molar-refractivity contribution in [2.24, 2.45) is 24.6 Å². The number of hydrogen-bond donors (Lipinski definition) is 6. The standard InChI is InChI=1S/C25H29ClN2O2.C21H30N2O.C16H23N3O.C14H11ClO2.CH3F.CH4O.3CH4/c1-16-5-8-20(13-21(16)26)22(30)12-18(15-29)11-17-6-9-19(10-7-17)24-27-14-23(28-24)25(2,3)4;1-20(2,3)18-13-23(6)19(22-18)17-9-7-15(8-10-17)11-16-12-21(4,5)24-14-16;1-16(2,3)14-9-18-15(19-14)12-6-4-11(5-7-12)8-13(17)10-20;1-10-7-8-11(9-13(10)15)14(16)17-12-5-3-2-4-6-12;2*1-2;;;/h5-10,13-14,18,29H,11-12,15H2,1-4H3,(H,27,28);7-10,13,16H,11-12,14H2,1-6H3;4-7,9,13,20H,8,10,17H2,1-3H3,(H,18,19);2-9H,1H3;1H3;2H,1H3;3*1H4/t18-;16-;13-;;;;;;/m110....../s1/i;;;;1D;;;;. The number of imidazole rings is 3. The number of aliphatic hydroxyl groups is 3. The van der Waals surface area contributed by atoms with Gasteiger partial charge in [0.2, 0.25) is 0 Å². The predicted molar refractivity (Wildman–Crippen MR) is 406 cm³/mol. The van der Waals surface area contributed by atoms with Crippen molar-refractivity contribution in [2.45, 2.75) is 172 Å². The number of Topliss-reactive ketones (excluding diaryl/α,β-unsaturated/α-hetero) is 1. The van der Waals surface area contributed by atoms with Crippen molar-refractivity contribution in [3.8, 4) is 39.9 Å². The molecular weight excluding hydrogens is 1270 g/mol. The maximum Gasteiger partial charge on any atom is 0.343 e. The minimum Gasteiger partial charge on any atom is -0.423 e. The molecule has 0 saturated carbocycles. The molecule has 0 amide bonds. The minimum absolute atomic E-state index is 0. The summed E-state index contributed by atoms with van der Waals surface area (Å²) in [6.07, 6.45) is 9.75. The van der Waals surface area contributed by atoms with Gasteiger partial charge in [0.25, 0.3) is 0 Å². The molecule has 1 saturated heterocycles. The van der Waals surface area contributed by atoms with Gasteiger partial charge in [0.15, 0.2) is 5.78 Å². The predicted octanol–water partition coefficient (Wildman–Crippen LogP) is 18.7. The van der Waals surface area contributed by atoms with Crippen molar-refractivity contribution < 1.29 is 40.1 Å². The van der Waals surface area contributed by atoms with Gasteiger partial charge in [-0.25, -0.2) is 19.7 Å². The quantitative estimate of drug-likeness (QED) is 0.0304. The number of ether oxygens (including phenoxy) is 2. The lowest BCUT2D eigenvalue weighted by Crippen LogP contribution is -2.26. The van der Waals surface area contributed by atoms with Crippen LogP contribution in [0, 0.1) is 25.7 Å². The van der Waals surface area contributed by atoms with Crippen LogP contribution in [0.15, 0.2) is 158 Å². The molecule has 0 spiro atoms. The summed E-state index contributed by atoms with van der Waals surface area (Å²) in [7, 11) is 2.07. The van der Waals surface area contributed by atoms with Gasteiger partial charge in [0, 0.05) is 112 Å². The number of para-hydroxylation sites is 1. The molecule has 3 atom stereocenters. The third-order valence-corrected chi connectivity index (χ3v) is 16.8. The molecule has 0 aliphatic carbocycles. The number of nitrogens with two attached hydrogens (primary N) is 1. The number of rotatable bonds is 16. The topological polar surface area (TPSA) is 214 Å². The molecule has 17 heteroatoms. The van der Waals surface area contributed by atoms with Gasteiger partial charge in [-0.2, -0.15) is 0 Å². The van der Waals surface area contributed by atoms with E-state index in [1.807, 2.05) is 99.0 Å². The molecule has 4 heterocycles. The van der Waals surface area contributed by atoms with E-state index in [9.17, 15) is 19.1 Å². The molecule has 1 aliphatic heterocycles. The number of halogens is 3. The number of aromatic amines is 2. The number of aryl methyl sites for hydroxylation is 3. The Bertz CT molecular complexity index is 3830. The fraction of sp³-hybridized carbons (Fsp3) is 0.420. The average molecular weight is 1390 g/mol. The second-order valence-corrected chi connectivity index (χ2v) is 28.5. The van der Waals surface area contributed by atoms with Gasteiger partial charge < -0.3 is 45.1 Å². The van der Waals surface area contributed by atoms with E-state index in [1.54, 1.807) is 42.5 Å². The second kappa shape index (κ2) is 39.9. The van der Waals surface area contributed by atoms with Gasteiger partial charge in [-0.15, -0.1) is 0 Å². The molecule has 10 rings (SSSR count). The van der Waals surface area contributed by atoms with Gasteiger partial charge in [0.1, 0.15) is 23.2 Å². The minimum atomic E-state index is -1.00. The molecule has 1 fully saturated rings. The van der Waals surface area contributed by atoms with Crippen molar-refractivity contribution in [3.05, 3.63) is 224 Å². The van der Waals surface area contributed by atoms with E-state index in [0.717, 1.165) is 94.5 Å². The van der Waals surface area contributed by atoms with Gasteiger partial charge in [-0.05, 0) is 123 Å². The SMILES string of the molecule is C.C.C.CC(C)(C)c1cnc(-c2ccc(C[C@H](N)CO)cc2)[nH]1.CO.Cc1ccc(C(=O)C[C@H](CO)Cc2ccc(-c3ncc(C(C)(C)C)[nH]3)cc2)cc1Cl.Cc1ccc(C(=O)Oc2ccccc2)cc1Cl.Cn1cc(C(C)(C)C)nc1-c1ccc(C[C@H]2COC(C)(C)C2)cc1.[2H]CF. The lowest BCUT2D eigenvalue weighted by molar-refractivity contribution is 0.0350. The Kier molecular flexibility index (Phi) is 34.4. The normalized spacial score (nSPS) is 13.7. The number of esters is 1. The maximum absolute atomic E-state index is 12.6. The van der Waals surface area contributed by atoms with Crippen LogP contribution in [-0.4, -0.2) is 102 Å². The smallest absolute Gasteiger partial charge is 0.343 e. The molecule has 6 aromatic carbocycles. The largest absolute Gasteiger partial charge is 0.423 e. The van der Waals surface area contributed by atoms with E-state index in [-0.39, 0.29) is 81.5 Å². The maximum atomic E-state index is 12.6. The van der Waals surface area contributed by atoms with Gasteiger partial charge >= 0.3 is 5.97 Å². The third kappa shape index (κ3) is 26.6. The Hall–Kier alpha value is -7.60. The van der Waals surface area contributed by atoms with E-state index >= 15 is 0 Å². The van der Waals surface area contributed by atoms with E-state index in [2.05, 4.69) is 138 Å². The molecule has 0 bridgehead atoms. The number of carbonyl (C=O) groups is 2. The summed E-state index contributed by atoms with van der Waals surface area (Å²) in [5.74, 6) is 3.37. The van der Waals surface area contributed by atoms with Gasteiger partial charge in [-0.1, -0.05) is 217 Å². The van der Waals surface area contributed by atoms with Gasteiger partial charge in [-0.3, -0.25) is 9.18 Å². The van der Waals surface area contributed by atoms with Crippen LogP contribution in [-0.2, 0) is 47.3 Å². The highest BCUT2D eigenvalue weighted by Gasteiger charge is 2.32. The number of carbonyl (C=O) groups excluding carboxylic acids is 2. The molecule has 0 unspecified atom stereocenters. The van der Waals surface area contributed by atoms with E-state index in [0.29, 0.717) is 45.7 Å². The Morgan fingerprint density at radius 3 is 1.57 bits per heavy atom. The molecular formula is C81H112Cl2FN7O7. The Morgan fingerprint density at radius 1 is 0.694 bits per heavy atom. The van der Waals surface area contributed by atoms with Crippen molar-refractivity contribution in [1.29, 1.82) is 0 Å². The highest BCUT2D eigenvalue weighted by Crippen LogP contribution is 2.33. The highest BCUT2D eigenvalue weighted by atomic mass is 35.5. The summed E-state index contributed by atoms with van der Waals surface area (Å²) in [5, 5.41) is 26.9. The lowest BCUT2D eigenvalue weighted by Gasteiger charge is -2.15. The molecule has 0 radical (unpaired) electrons. The fourth-order valence-corrected chi connectivity index (χ4v) is 10.6. The number of hydrogen-bond acceptors (Lipinski definition) is 11. The Labute approximate surface area is 596 Å². The van der Waals surface area contributed by atoms with Crippen molar-refractivity contribution in [3.63, 3.8) is 0 Å². The van der Waals surface area contributed by atoms with E-state index < -0.39 is 13.1 Å². The number of nitrogens with zero attached hydrogens (tertiary/aromatic N) is 4. The summed E-state index contributed by atoms with van der Waals surface area (Å²) >= 11 is 12.1. The van der Waals surface area contributed by atoms with Crippen LogP contribution < -0.4 is 10.5 Å². The zero-order valence-electron chi connectivity index (χ0n) is 59.1. The van der Waals surface area contributed by atoms with Crippen LogP contribution in [0.1, 0.15) is 178 Å². The number of nitrogens with one attached hydrogen (secondary N) is 2. The zero-order valence-corrected chi connectivity index (χ0v) is 59.6. The average Bonchev–Trinajstić information content (AvgIpc) is 1.71. The Morgan fingerprint density at radius 2 is 1.15 bits per heavy atom. The van der Waals surface area contributed by atoms with Crippen molar-refractivity contribution in [1.82, 2.24) is 29.5 Å². The van der Waals surface area contributed by atoms with Crippen LogP contribution in [0.25, 0.3) is 34.2 Å². The zero-order chi connectivity index (χ0) is 71.1. The summed E-state index contributed by atoms with van der Waals surface area (Å²) in [6.45, 7) is 28.5. The van der Waals surface area contributed by atoms with Crippen molar-refractivity contribution >= 4 is 35.0 Å². The molecule has 14 nitrogen and oxygen atoms in total. The van der Waals surface area contributed by atoms with Crippen LogP contribution in [0.3, 0.4) is 0 Å². The highest BCUT2D eigenvalue weighted by molar-refractivity contribution is 6.32. The first-order chi connectivity index (χ1) is 45.3. The first kappa shape index (κ1) is 84.6. The molecule has 3 aromatic heterocycles.